The van der Waals surface area contributed by atoms with Crippen LogP contribution in [0.4, 0.5) is 0 Å². The third-order valence-corrected chi connectivity index (χ3v) is 3.09. The molecule has 1 N–H and O–H groups in total. The molecule has 5 heteroatoms. The molecule has 0 saturated carbocycles. The highest BCUT2D eigenvalue weighted by molar-refractivity contribution is 7.69. The van der Waals surface area contributed by atoms with Crippen LogP contribution in [0, 0.1) is 0 Å². The highest BCUT2D eigenvalue weighted by Gasteiger charge is 2.20. The molecular weight excluding hydrogens is 158 g/mol. The van der Waals surface area contributed by atoms with Crippen molar-refractivity contribution >= 4 is 15.2 Å². The van der Waals surface area contributed by atoms with E-state index < -0.39 is 15.2 Å². The normalized spacial score (nSPS) is 11.4. The number of rotatable bonds is 3. The summed E-state index contributed by atoms with van der Waals surface area (Å²) in [6.45, 7) is 3.40. The van der Waals surface area contributed by atoms with E-state index in [-0.39, 0.29) is 6.16 Å². The predicted octanol–water partition coefficient (Wildman–Crippen LogP) is 1.34. The van der Waals surface area contributed by atoms with Crippen LogP contribution in [0.5, 0.6) is 0 Å². The second-order valence-corrected chi connectivity index (χ2v) is 7.20. The molecule has 0 aliphatic carbocycles. The molecule has 3 nitrogen and oxygen atoms in total. The lowest BCUT2D eigenvalue weighted by molar-refractivity contribution is 0.515. The molecule has 0 atom stereocenters. The summed E-state index contributed by atoms with van der Waals surface area (Å²) in [7, 11) is -4.15. The van der Waals surface area contributed by atoms with E-state index >= 15 is 0 Å². The van der Waals surface area contributed by atoms with Crippen LogP contribution in [0.25, 0.3) is 0 Å². The van der Waals surface area contributed by atoms with Crippen LogP contribution in [0.1, 0.15) is 0 Å². The fourth-order valence-corrected chi connectivity index (χ4v) is 2.94. The van der Waals surface area contributed by atoms with Crippen LogP contribution >= 0.6 is 15.2 Å². The zero-order valence-corrected chi connectivity index (χ0v) is 7.36. The Morgan fingerprint density at radius 1 is 1.44 bits per heavy atom. The van der Waals surface area contributed by atoms with Gasteiger partial charge in [0.2, 0.25) is 0 Å². The minimum absolute atomic E-state index is 0.118. The second kappa shape index (κ2) is 3.46. The van der Waals surface area contributed by atoms with Gasteiger partial charge < -0.3 is 0 Å². The van der Waals surface area contributed by atoms with E-state index in [9.17, 15) is 9.13 Å². The Kier molecular flexibility index (Phi) is 3.57. The van der Waals surface area contributed by atoms with Gasteiger partial charge in [0, 0.05) is 0 Å². The maximum atomic E-state index is 9.99. The second-order valence-electron chi connectivity index (χ2n) is 2.40. The van der Waals surface area contributed by atoms with E-state index in [1.807, 2.05) is 0 Å². The Hall–Kier alpha value is 0.290. The molecule has 54 valence electrons. The summed E-state index contributed by atoms with van der Waals surface area (Å²) in [5.41, 5.74) is 0. The largest absolute Gasteiger partial charge is 0.319 e. The molecule has 0 bridgehead atoms. The maximum Gasteiger partial charge on any atom is 0.319 e. The highest BCUT2D eigenvalue weighted by atomic mass is 31.2. The van der Waals surface area contributed by atoms with Crippen molar-refractivity contribution in [3.05, 3.63) is 0 Å². The summed E-state index contributed by atoms with van der Waals surface area (Å²) < 4.78 is 20.0. The van der Waals surface area contributed by atoms with Crippen LogP contribution in [0.15, 0.2) is 0 Å². The minimum Gasteiger partial charge on any atom is -0.252 e. The predicted molar refractivity (Wildman–Crippen MR) is 39.0 cm³/mol. The van der Waals surface area contributed by atoms with Crippen molar-refractivity contribution in [2.45, 2.75) is 0 Å². The summed E-state index contributed by atoms with van der Waals surface area (Å²) >= 11 is 0. The molecule has 0 spiro atoms. The molecule has 0 heterocycles. The Labute approximate surface area is 55.7 Å². The number of hydrogen-bond acceptors (Lipinski definition) is 3. The monoisotopic (exact) mass is 169 g/mol. The third kappa shape index (κ3) is 8.29. The van der Waals surface area contributed by atoms with Gasteiger partial charge in [-0.2, -0.15) is 0 Å². The van der Waals surface area contributed by atoms with Crippen LogP contribution in [-0.4, -0.2) is 30.5 Å². The average Bonchev–Trinajstić information content (AvgIpc) is 1.59. The molecule has 0 aromatic rings. The molecule has 0 radical (unpaired) electrons. The van der Waals surface area contributed by atoms with Crippen LogP contribution in [0.3, 0.4) is 0 Å². The molecule has 0 fully saturated rings. The molecule has 0 rings (SSSR count). The van der Waals surface area contributed by atoms with Gasteiger partial charge >= 0.3 is 7.68 Å². The maximum absolute atomic E-state index is 9.99. The summed E-state index contributed by atoms with van der Waals surface area (Å²) in [5.74, 6) is 0. The molecular formula is C4H11O3P2+. The molecule has 0 saturated heterocycles. The van der Waals surface area contributed by atoms with Crippen molar-refractivity contribution in [3.8, 4) is 0 Å². The molecule has 0 amide bonds. The van der Waals surface area contributed by atoms with E-state index in [4.69, 9.17) is 4.89 Å². The lowest BCUT2D eigenvalue weighted by Crippen LogP contribution is -1.94. The van der Waals surface area contributed by atoms with Gasteiger partial charge in [-0.1, -0.05) is 0 Å². The van der Waals surface area contributed by atoms with Crippen LogP contribution < -0.4 is 0 Å². The third-order valence-electron chi connectivity index (χ3n) is 0.830. The zero-order chi connectivity index (χ0) is 7.49. The Balaban J connectivity index is 3.52. The summed E-state index contributed by atoms with van der Waals surface area (Å²) in [5, 5.41) is 0. The fourth-order valence-electron chi connectivity index (χ4n) is 0.326. The summed E-state index contributed by atoms with van der Waals surface area (Å²) in [4.78, 5) is 9.11. The van der Waals surface area contributed by atoms with Gasteiger partial charge in [0.05, 0.1) is 25.7 Å². The smallest absolute Gasteiger partial charge is 0.252 e. The van der Waals surface area contributed by atoms with Crippen LogP contribution in [-0.2, 0) is 9.13 Å². The van der Waals surface area contributed by atoms with Gasteiger partial charge in [0.1, 0.15) is 7.49 Å². The van der Waals surface area contributed by atoms with Gasteiger partial charge in [-0.3, -0.25) is 4.89 Å². The molecule has 0 aromatic heterocycles. The first-order chi connectivity index (χ1) is 3.92. The Bertz CT molecular complexity index is 136. The topological polar surface area (TPSA) is 54.4 Å². The van der Waals surface area contributed by atoms with Crippen molar-refractivity contribution in [2.75, 3.05) is 25.7 Å². The van der Waals surface area contributed by atoms with E-state index in [2.05, 4.69) is 0 Å². The van der Waals surface area contributed by atoms with Gasteiger partial charge in [0.25, 0.3) is 0 Å². The molecule has 0 aliphatic heterocycles. The lowest BCUT2D eigenvalue weighted by Gasteiger charge is -2.04. The highest BCUT2D eigenvalue weighted by Crippen LogP contribution is 2.46. The molecule has 0 unspecified atom stereocenters. The fraction of sp³-hybridized carbons (Fsp3) is 1.00. The van der Waals surface area contributed by atoms with E-state index in [1.54, 1.807) is 13.3 Å². The van der Waals surface area contributed by atoms with E-state index in [0.717, 1.165) is 0 Å². The summed E-state index contributed by atoms with van der Waals surface area (Å²) in [6, 6.07) is 0. The first kappa shape index (κ1) is 9.29. The Morgan fingerprint density at radius 2 is 1.89 bits per heavy atom. The van der Waals surface area contributed by atoms with Crippen LogP contribution in [0.2, 0.25) is 0 Å². The van der Waals surface area contributed by atoms with Crippen molar-refractivity contribution in [3.63, 3.8) is 0 Å². The number of hydrogen-bond donors (Lipinski definition) is 1. The van der Waals surface area contributed by atoms with Gasteiger partial charge in [0.15, 0.2) is 0 Å². The van der Waals surface area contributed by atoms with Gasteiger partial charge in [-0.05, 0) is 0 Å². The van der Waals surface area contributed by atoms with Crippen molar-refractivity contribution in [1.82, 2.24) is 0 Å². The quantitative estimate of drug-likeness (QED) is 0.648. The molecule has 9 heavy (non-hydrogen) atoms. The Morgan fingerprint density at radius 3 is 2.00 bits per heavy atom. The lowest BCUT2D eigenvalue weighted by atomic mass is 11.0. The van der Waals surface area contributed by atoms with E-state index in [1.165, 1.54) is 0 Å². The van der Waals surface area contributed by atoms with Gasteiger partial charge in [-0.15, -0.1) is 0 Å². The first-order valence-corrected chi connectivity index (χ1v) is 6.78. The first-order valence-electron chi connectivity index (χ1n) is 2.59. The zero-order valence-electron chi connectivity index (χ0n) is 5.57. The molecule has 0 aliphatic rings. The van der Waals surface area contributed by atoms with E-state index in [0.29, 0.717) is 6.16 Å². The standard InChI is InChI=1S/C4H11O3P2/c1-9(2,7)4-3-8(5)6/h7H,3-4H2,1-2H3/q+1. The average molecular weight is 169 g/mol. The minimum atomic E-state index is -2.30. The molecule has 0 aromatic carbocycles. The van der Waals surface area contributed by atoms with Gasteiger partial charge in [-0.25, -0.2) is 9.13 Å². The SMILES string of the molecule is C[P+](C)(O)CCP(=O)=O. The van der Waals surface area contributed by atoms with Crippen molar-refractivity contribution in [2.24, 2.45) is 0 Å². The van der Waals surface area contributed by atoms with Crippen molar-refractivity contribution < 1.29 is 14.0 Å². The van der Waals surface area contributed by atoms with Crippen molar-refractivity contribution in [1.29, 1.82) is 0 Å². The summed E-state index contributed by atoms with van der Waals surface area (Å²) in [6.07, 6.45) is 0.540.